The standard InChI is InChI=1S/C14H7Cl7/c15-9-6-8(11(16)13(18)12(9)17)10(14(19,20)21)7-4-2-1-3-5-7/h1-6,10H. The Balaban J connectivity index is 2.70. The summed E-state index contributed by atoms with van der Waals surface area (Å²) in [7, 11) is 0. The third-order valence-electron chi connectivity index (χ3n) is 2.90. The zero-order chi connectivity index (χ0) is 15.8. The molecule has 0 aliphatic carbocycles. The van der Waals surface area contributed by atoms with E-state index in [-0.39, 0.29) is 20.1 Å². The second-order valence-corrected chi connectivity index (χ2v) is 8.18. The highest BCUT2D eigenvalue weighted by Gasteiger charge is 2.37. The molecule has 0 bridgehead atoms. The zero-order valence-electron chi connectivity index (χ0n) is 10.2. The van der Waals surface area contributed by atoms with Crippen molar-refractivity contribution in [3.63, 3.8) is 0 Å². The van der Waals surface area contributed by atoms with Gasteiger partial charge in [-0.05, 0) is 17.2 Å². The molecule has 0 radical (unpaired) electrons. The highest BCUT2D eigenvalue weighted by atomic mass is 35.6. The molecule has 1 atom stereocenters. The van der Waals surface area contributed by atoms with Crippen LogP contribution in [0.25, 0.3) is 0 Å². The van der Waals surface area contributed by atoms with Crippen LogP contribution in [0.5, 0.6) is 0 Å². The van der Waals surface area contributed by atoms with Gasteiger partial charge in [-0.25, -0.2) is 0 Å². The first-order chi connectivity index (χ1) is 9.73. The lowest BCUT2D eigenvalue weighted by Gasteiger charge is -2.27. The molecule has 0 aliphatic rings. The minimum absolute atomic E-state index is 0.135. The SMILES string of the molecule is Clc1cc(C(c2ccccc2)C(Cl)(Cl)Cl)c(Cl)c(Cl)c1Cl. The Bertz CT molecular complexity index is 647. The first-order valence-electron chi connectivity index (χ1n) is 5.68. The maximum absolute atomic E-state index is 6.27. The predicted molar refractivity (Wildman–Crippen MR) is 95.1 cm³/mol. The molecule has 0 fully saturated rings. The molecule has 0 saturated carbocycles. The Morgan fingerprint density at radius 2 is 1.33 bits per heavy atom. The molecule has 0 amide bonds. The fraction of sp³-hybridized carbons (Fsp3) is 0.143. The molecule has 2 aromatic carbocycles. The lowest BCUT2D eigenvalue weighted by molar-refractivity contribution is 0.839. The van der Waals surface area contributed by atoms with Crippen LogP contribution in [0.3, 0.4) is 0 Å². The van der Waals surface area contributed by atoms with E-state index >= 15 is 0 Å². The summed E-state index contributed by atoms with van der Waals surface area (Å²) in [5.74, 6) is -0.636. The number of alkyl halides is 3. The second-order valence-electron chi connectivity index (χ2n) is 4.27. The van der Waals surface area contributed by atoms with E-state index in [0.29, 0.717) is 5.56 Å². The Hall–Kier alpha value is 0.470. The average molecular weight is 423 g/mol. The normalized spacial score (nSPS) is 13.3. The summed E-state index contributed by atoms with van der Waals surface area (Å²) in [5, 5.41) is 0.765. The molecule has 0 aliphatic heterocycles. The average Bonchev–Trinajstić information content (AvgIpc) is 2.42. The van der Waals surface area contributed by atoms with Gasteiger partial charge in [-0.2, -0.15) is 0 Å². The summed E-state index contributed by atoms with van der Waals surface area (Å²) in [6.07, 6.45) is 0. The molecule has 0 aromatic heterocycles. The number of hydrogen-bond donors (Lipinski definition) is 0. The molecule has 1 unspecified atom stereocenters. The number of rotatable bonds is 2. The summed E-state index contributed by atoms with van der Waals surface area (Å²) >= 11 is 42.8. The topological polar surface area (TPSA) is 0 Å². The molecule has 0 N–H and O–H groups in total. The third kappa shape index (κ3) is 3.87. The predicted octanol–water partition coefficient (Wildman–Crippen LogP) is 7.80. The van der Waals surface area contributed by atoms with Crippen LogP contribution >= 0.6 is 81.2 Å². The molecule has 7 heteroatoms. The fourth-order valence-corrected chi connectivity index (χ4v) is 3.65. The second kappa shape index (κ2) is 6.93. The van der Waals surface area contributed by atoms with Gasteiger partial charge in [0.1, 0.15) is 0 Å². The van der Waals surface area contributed by atoms with Crippen LogP contribution in [0.1, 0.15) is 17.0 Å². The largest absolute Gasteiger partial charge is 0.201 e. The van der Waals surface area contributed by atoms with Crippen molar-refractivity contribution in [1.29, 1.82) is 0 Å². The molecule has 0 nitrogen and oxygen atoms in total. The van der Waals surface area contributed by atoms with Gasteiger partial charge in [-0.3, -0.25) is 0 Å². The van der Waals surface area contributed by atoms with E-state index in [1.54, 1.807) is 6.07 Å². The molecule has 112 valence electrons. The molecular weight excluding hydrogens is 416 g/mol. The highest BCUT2D eigenvalue weighted by molar-refractivity contribution is 6.68. The van der Waals surface area contributed by atoms with Crippen molar-refractivity contribution in [2.45, 2.75) is 9.71 Å². The van der Waals surface area contributed by atoms with E-state index < -0.39 is 9.71 Å². The van der Waals surface area contributed by atoms with E-state index in [1.807, 2.05) is 30.3 Å². The lowest BCUT2D eigenvalue weighted by atomic mass is 9.92. The van der Waals surface area contributed by atoms with Crippen molar-refractivity contribution in [3.8, 4) is 0 Å². The van der Waals surface area contributed by atoms with Gasteiger partial charge in [0.2, 0.25) is 3.79 Å². The molecule has 0 spiro atoms. The van der Waals surface area contributed by atoms with E-state index in [9.17, 15) is 0 Å². The van der Waals surface area contributed by atoms with E-state index in [1.165, 1.54) is 0 Å². The van der Waals surface area contributed by atoms with Gasteiger partial charge in [0.25, 0.3) is 0 Å². The summed E-state index contributed by atoms with van der Waals surface area (Å²) in [5.41, 5.74) is 1.27. The molecule has 0 saturated heterocycles. The maximum atomic E-state index is 6.27. The van der Waals surface area contributed by atoms with Gasteiger partial charge < -0.3 is 0 Å². The van der Waals surface area contributed by atoms with Crippen LogP contribution in [0.15, 0.2) is 36.4 Å². The first kappa shape index (κ1) is 17.8. The summed E-state index contributed by atoms with van der Waals surface area (Å²) < 4.78 is -1.63. The minimum atomic E-state index is -1.63. The highest BCUT2D eigenvalue weighted by Crippen LogP contribution is 2.50. The number of hydrogen-bond acceptors (Lipinski definition) is 0. The van der Waals surface area contributed by atoms with Crippen LogP contribution in [-0.2, 0) is 0 Å². The Morgan fingerprint density at radius 3 is 1.86 bits per heavy atom. The lowest BCUT2D eigenvalue weighted by Crippen LogP contribution is -2.19. The summed E-state index contributed by atoms with van der Waals surface area (Å²) in [6, 6.07) is 10.8. The minimum Gasteiger partial charge on any atom is -0.0826 e. The van der Waals surface area contributed by atoms with Gasteiger partial charge in [-0.15, -0.1) is 0 Å². The Labute approximate surface area is 157 Å². The van der Waals surface area contributed by atoms with Crippen LogP contribution in [0.2, 0.25) is 20.1 Å². The van der Waals surface area contributed by atoms with E-state index in [2.05, 4.69) is 0 Å². The van der Waals surface area contributed by atoms with Crippen molar-refractivity contribution < 1.29 is 0 Å². The zero-order valence-corrected chi connectivity index (χ0v) is 15.5. The molecule has 2 aromatic rings. The van der Waals surface area contributed by atoms with Crippen molar-refractivity contribution >= 4 is 81.2 Å². The van der Waals surface area contributed by atoms with Crippen LogP contribution in [0, 0.1) is 0 Å². The van der Waals surface area contributed by atoms with Crippen LogP contribution < -0.4 is 0 Å². The molecule has 21 heavy (non-hydrogen) atoms. The smallest absolute Gasteiger partial charge is 0.0826 e. The monoisotopic (exact) mass is 420 g/mol. The van der Waals surface area contributed by atoms with E-state index in [4.69, 9.17) is 81.2 Å². The number of benzene rings is 2. The van der Waals surface area contributed by atoms with Crippen molar-refractivity contribution in [2.24, 2.45) is 0 Å². The maximum Gasteiger partial charge on any atom is 0.201 e. The van der Waals surface area contributed by atoms with Gasteiger partial charge in [0, 0.05) is 0 Å². The van der Waals surface area contributed by atoms with Crippen LogP contribution in [-0.4, -0.2) is 3.79 Å². The number of halogens is 7. The van der Waals surface area contributed by atoms with Crippen LogP contribution in [0.4, 0.5) is 0 Å². The Kier molecular flexibility index (Phi) is 5.88. The summed E-state index contributed by atoms with van der Waals surface area (Å²) in [6.45, 7) is 0. The van der Waals surface area contributed by atoms with Crippen molar-refractivity contribution in [3.05, 3.63) is 67.6 Å². The first-order valence-corrected chi connectivity index (χ1v) is 8.32. The van der Waals surface area contributed by atoms with Gasteiger partial charge >= 0.3 is 0 Å². The Morgan fingerprint density at radius 1 is 0.762 bits per heavy atom. The van der Waals surface area contributed by atoms with Gasteiger partial charge in [0.05, 0.1) is 26.0 Å². The molecule has 0 heterocycles. The van der Waals surface area contributed by atoms with Gasteiger partial charge in [0.15, 0.2) is 0 Å². The third-order valence-corrected chi connectivity index (χ3v) is 5.32. The fourth-order valence-electron chi connectivity index (χ4n) is 1.99. The van der Waals surface area contributed by atoms with Crippen molar-refractivity contribution in [2.75, 3.05) is 0 Å². The van der Waals surface area contributed by atoms with E-state index in [0.717, 1.165) is 5.56 Å². The molecule has 2 rings (SSSR count). The summed E-state index contributed by atoms with van der Waals surface area (Å²) in [4.78, 5) is 0. The quantitative estimate of drug-likeness (QED) is 0.263. The molecular formula is C14H7Cl7. The van der Waals surface area contributed by atoms with Crippen molar-refractivity contribution in [1.82, 2.24) is 0 Å². The van der Waals surface area contributed by atoms with Gasteiger partial charge in [-0.1, -0.05) is 112 Å².